The Bertz CT molecular complexity index is 966. The Kier molecular flexibility index (Phi) is 7.62. The zero-order chi connectivity index (χ0) is 23.3. The predicted octanol–water partition coefficient (Wildman–Crippen LogP) is 3.71. The third kappa shape index (κ3) is 5.33. The van der Waals surface area contributed by atoms with Crippen molar-refractivity contribution < 1.29 is 23.5 Å². The summed E-state index contributed by atoms with van der Waals surface area (Å²) in [6.45, 7) is 4.54. The number of carbonyl (C=O) groups excluding carboxylic acids is 3. The molecular formula is C25H29FN2O4. The van der Waals surface area contributed by atoms with Crippen molar-refractivity contribution in [3.63, 3.8) is 0 Å². The molecule has 1 aliphatic heterocycles. The van der Waals surface area contributed by atoms with Crippen LogP contribution in [0.5, 0.6) is 5.75 Å². The van der Waals surface area contributed by atoms with Gasteiger partial charge in [0.05, 0.1) is 12.7 Å². The highest BCUT2D eigenvalue weighted by molar-refractivity contribution is 5.99. The van der Waals surface area contributed by atoms with E-state index in [1.807, 2.05) is 13.8 Å². The zero-order valence-corrected chi connectivity index (χ0v) is 18.6. The molecule has 2 amide bonds. The molecule has 0 unspecified atom stereocenters. The fourth-order valence-electron chi connectivity index (χ4n) is 3.93. The number of rotatable bonds is 7. The molecule has 6 nitrogen and oxygen atoms in total. The number of nitrogens with one attached hydrogen (secondary N) is 1. The molecule has 170 valence electrons. The third-order valence-electron chi connectivity index (χ3n) is 5.89. The van der Waals surface area contributed by atoms with Gasteiger partial charge in [-0.25, -0.2) is 4.39 Å². The number of amides is 2. The molecule has 1 aliphatic rings. The van der Waals surface area contributed by atoms with Gasteiger partial charge >= 0.3 is 0 Å². The second kappa shape index (κ2) is 10.4. The van der Waals surface area contributed by atoms with E-state index < -0.39 is 17.8 Å². The van der Waals surface area contributed by atoms with Crippen LogP contribution in [0, 0.1) is 17.7 Å². The molecule has 0 aliphatic carbocycles. The first-order valence-electron chi connectivity index (χ1n) is 10.8. The fourth-order valence-corrected chi connectivity index (χ4v) is 3.93. The summed E-state index contributed by atoms with van der Waals surface area (Å²) in [5, 5.41) is 2.69. The van der Waals surface area contributed by atoms with E-state index >= 15 is 0 Å². The van der Waals surface area contributed by atoms with Crippen LogP contribution in [-0.4, -0.2) is 48.7 Å². The summed E-state index contributed by atoms with van der Waals surface area (Å²) in [6.07, 6.45) is 1.12. The highest BCUT2D eigenvalue weighted by Gasteiger charge is 2.33. The molecule has 1 atom stereocenters. The van der Waals surface area contributed by atoms with Crippen LogP contribution in [0.1, 0.15) is 47.4 Å². The average Bonchev–Trinajstić information content (AvgIpc) is 2.81. The monoisotopic (exact) mass is 440 g/mol. The Balaban J connectivity index is 1.61. The van der Waals surface area contributed by atoms with Gasteiger partial charge in [-0.15, -0.1) is 0 Å². The molecule has 0 spiro atoms. The van der Waals surface area contributed by atoms with Gasteiger partial charge in [-0.05, 0) is 55.2 Å². The van der Waals surface area contributed by atoms with E-state index in [9.17, 15) is 18.8 Å². The van der Waals surface area contributed by atoms with Gasteiger partial charge in [-0.1, -0.05) is 26.0 Å². The summed E-state index contributed by atoms with van der Waals surface area (Å²) < 4.78 is 19.1. The lowest BCUT2D eigenvalue weighted by Crippen LogP contribution is -2.53. The molecule has 2 aromatic rings. The van der Waals surface area contributed by atoms with Crippen molar-refractivity contribution in [3.8, 4) is 5.75 Å². The summed E-state index contributed by atoms with van der Waals surface area (Å²) in [7, 11) is 1.58. The molecule has 1 N–H and O–H groups in total. The van der Waals surface area contributed by atoms with Gasteiger partial charge in [0.2, 0.25) is 5.91 Å². The molecule has 1 heterocycles. The molecule has 0 bridgehead atoms. The molecule has 2 aromatic carbocycles. The predicted molar refractivity (Wildman–Crippen MR) is 119 cm³/mol. The average molecular weight is 441 g/mol. The Morgan fingerprint density at radius 2 is 1.66 bits per heavy atom. The number of ether oxygens (including phenoxy) is 1. The Morgan fingerprint density at radius 1 is 1.03 bits per heavy atom. The van der Waals surface area contributed by atoms with Crippen LogP contribution in [-0.2, 0) is 4.79 Å². The maximum atomic E-state index is 14.0. The lowest BCUT2D eigenvalue weighted by atomic mass is 9.88. The lowest BCUT2D eigenvalue weighted by molar-refractivity contribution is -0.135. The number of ketones is 1. The summed E-state index contributed by atoms with van der Waals surface area (Å²) in [5.74, 6) is -1.01. The molecule has 7 heteroatoms. The maximum absolute atomic E-state index is 14.0. The number of carbonyl (C=O) groups is 3. The van der Waals surface area contributed by atoms with Gasteiger partial charge < -0.3 is 15.0 Å². The van der Waals surface area contributed by atoms with E-state index in [1.165, 1.54) is 18.2 Å². The number of hydrogen-bond acceptors (Lipinski definition) is 4. The largest absolute Gasteiger partial charge is 0.497 e. The van der Waals surface area contributed by atoms with E-state index in [0.29, 0.717) is 37.2 Å². The minimum Gasteiger partial charge on any atom is -0.497 e. The first-order chi connectivity index (χ1) is 15.3. The lowest BCUT2D eigenvalue weighted by Gasteiger charge is -2.35. The van der Waals surface area contributed by atoms with Crippen LogP contribution >= 0.6 is 0 Å². The Morgan fingerprint density at radius 3 is 2.22 bits per heavy atom. The number of piperidine rings is 1. The summed E-state index contributed by atoms with van der Waals surface area (Å²) in [6, 6.07) is 12.0. The molecule has 32 heavy (non-hydrogen) atoms. The number of Topliss-reactive ketones (excluding diaryl/α,β-unsaturated/α-hetero) is 1. The van der Waals surface area contributed by atoms with Crippen LogP contribution in [0.25, 0.3) is 0 Å². The first-order valence-corrected chi connectivity index (χ1v) is 10.8. The molecule has 1 saturated heterocycles. The van der Waals surface area contributed by atoms with Gasteiger partial charge in [0, 0.05) is 24.6 Å². The van der Waals surface area contributed by atoms with E-state index in [4.69, 9.17) is 4.74 Å². The van der Waals surface area contributed by atoms with Crippen LogP contribution in [0.3, 0.4) is 0 Å². The molecule has 3 rings (SSSR count). The molecular weight excluding hydrogens is 411 g/mol. The number of halogens is 1. The molecule has 0 aromatic heterocycles. The minimum atomic E-state index is -0.768. The van der Waals surface area contributed by atoms with Crippen molar-refractivity contribution in [1.29, 1.82) is 0 Å². The van der Waals surface area contributed by atoms with Crippen LogP contribution in [0.15, 0.2) is 48.5 Å². The van der Waals surface area contributed by atoms with Crippen molar-refractivity contribution in [2.75, 3.05) is 20.2 Å². The van der Waals surface area contributed by atoms with Crippen molar-refractivity contribution in [2.45, 2.75) is 32.7 Å². The van der Waals surface area contributed by atoms with Crippen molar-refractivity contribution in [3.05, 3.63) is 65.5 Å². The second-order valence-electron chi connectivity index (χ2n) is 8.37. The van der Waals surface area contributed by atoms with Crippen molar-refractivity contribution in [2.24, 2.45) is 11.8 Å². The fraction of sp³-hybridized carbons (Fsp3) is 0.400. The normalized spacial score (nSPS) is 15.3. The van der Waals surface area contributed by atoms with Crippen molar-refractivity contribution >= 4 is 17.6 Å². The standard InChI is InChI=1S/C25H29FN2O4/c1-16(2)22(27-24(30)20-6-4-5-7-21(20)26)25(31)28-14-12-18(13-15-28)23(29)17-8-10-19(32-3)11-9-17/h4-11,16,18,22H,12-15H2,1-3H3,(H,27,30)/t22-/m0/s1. The summed E-state index contributed by atoms with van der Waals surface area (Å²) in [4.78, 5) is 40.2. The topological polar surface area (TPSA) is 75.7 Å². The Labute approximate surface area is 187 Å². The first kappa shape index (κ1) is 23.4. The van der Waals surface area contributed by atoms with E-state index in [-0.39, 0.29) is 29.1 Å². The van der Waals surface area contributed by atoms with Gasteiger partial charge in [0.1, 0.15) is 17.6 Å². The van der Waals surface area contributed by atoms with Crippen LogP contribution < -0.4 is 10.1 Å². The molecule has 1 fully saturated rings. The van der Waals surface area contributed by atoms with E-state index in [0.717, 1.165) is 0 Å². The quantitative estimate of drug-likeness (QED) is 0.666. The minimum absolute atomic E-state index is 0.0630. The summed E-state index contributed by atoms with van der Waals surface area (Å²) in [5.41, 5.74) is 0.544. The smallest absolute Gasteiger partial charge is 0.254 e. The van der Waals surface area contributed by atoms with Gasteiger partial charge in [0.15, 0.2) is 5.78 Å². The van der Waals surface area contributed by atoms with Gasteiger partial charge in [0.25, 0.3) is 5.91 Å². The molecule has 0 saturated carbocycles. The van der Waals surface area contributed by atoms with Gasteiger partial charge in [-0.2, -0.15) is 0 Å². The number of hydrogen-bond donors (Lipinski definition) is 1. The van der Waals surface area contributed by atoms with E-state index in [1.54, 1.807) is 42.3 Å². The number of methoxy groups -OCH3 is 1. The highest BCUT2D eigenvalue weighted by atomic mass is 19.1. The van der Waals surface area contributed by atoms with Gasteiger partial charge in [-0.3, -0.25) is 14.4 Å². The number of benzene rings is 2. The van der Waals surface area contributed by atoms with Crippen LogP contribution in [0.2, 0.25) is 0 Å². The molecule has 0 radical (unpaired) electrons. The zero-order valence-electron chi connectivity index (χ0n) is 18.6. The summed E-state index contributed by atoms with van der Waals surface area (Å²) >= 11 is 0. The van der Waals surface area contributed by atoms with Crippen molar-refractivity contribution in [1.82, 2.24) is 10.2 Å². The SMILES string of the molecule is COc1ccc(C(=O)C2CCN(C(=O)[C@@H](NC(=O)c3ccccc3F)C(C)C)CC2)cc1. The Hall–Kier alpha value is -3.22. The second-order valence-corrected chi connectivity index (χ2v) is 8.37. The van der Waals surface area contributed by atoms with E-state index in [2.05, 4.69) is 5.32 Å². The highest BCUT2D eigenvalue weighted by Crippen LogP contribution is 2.24. The van der Waals surface area contributed by atoms with Crippen LogP contribution in [0.4, 0.5) is 4.39 Å². The number of nitrogens with zero attached hydrogens (tertiary/aromatic N) is 1. The number of likely N-dealkylation sites (tertiary alicyclic amines) is 1. The maximum Gasteiger partial charge on any atom is 0.254 e. The third-order valence-corrected chi connectivity index (χ3v) is 5.89.